The van der Waals surface area contributed by atoms with Gasteiger partial charge in [-0.15, -0.1) is 0 Å². The normalized spacial score (nSPS) is 18.0. The first-order valence-electron chi connectivity index (χ1n) is 9.68. The van der Waals surface area contributed by atoms with Crippen LogP contribution in [0.5, 0.6) is 0 Å². The van der Waals surface area contributed by atoms with Crippen molar-refractivity contribution in [1.29, 1.82) is 0 Å². The molecule has 6 heteroatoms. The van der Waals surface area contributed by atoms with E-state index in [1.54, 1.807) is 0 Å². The van der Waals surface area contributed by atoms with Gasteiger partial charge in [-0.1, -0.05) is 48.0 Å². The van der Waals surface area contributed by atoms with Crippen LogP contribution in [0.1, 0.15) is 35.1 Å². The van der Waals surface area contributed by atoms with Gasteiger partial charge in [-0.2, -0.15) is 4.31 Å². The molecule has 28 heavy (non-hydrogen) atoms. The van der Waals surface area contributed by atoms with Crippen LogP contribution in [0.3, 0.4) is 0 Å². The quantitative estimate of drug-likeness (QED) is 0.837. The maximum absolute atomic E-state index is 13.3. The highest BCUT2D eigenvalue weighted by Crippen LogP contribution is 2.29. The van der Waals surface area contributed by atoms with Crippen molar-refractivity contribution in [3.05, 3.63) is 64.7 Å². The zero-order valence-electron chi connectivity index (χ0n) is 16.7. The summed E-state index contributed by atoms with van der Waals surface area (Å²) in [5, 5.41) is 2.95. The molecule has 1 saturated heterocycles. The Morgan fingerprint density at radius 1 is 1.11 bits per heavy atom. The van der Waals surface area contributed by atoms with Crippen LogP contribution in [0.2, 0.25) is 0 Å². The van der Waals surface area contributed by atoms with Gasteiger partial charge in [0.25, 0.3) is 0 Å². The lowest BCUT2D eigenvalue weighted by atomic mass is 9.99. The van der Waals surface area contributed by atoms with Gasteiger partial charge in [0.1, 0.15) is 0 Å². The number of carbonyl (C=O) groups is 1. The molecule has 0 radical (unpaired) electrons. The molecule has 0 aliphatic carbocycles. The molecular formula is C22H28N2O3S. The van der Waals surface area contributed by atoms with Crippen LogP contribution in [0.25, 0.3) is 0 Å². The van der Waals surface area contributed by atoms with Crippen molar-refractivity contribution < 1.29 is 13.2 Å². The molecular weight excluding hydrogens is 372 g/mol. The van der Waals surface area contributed by atoms with Crippen LogP contribution >= 0.6 is 0 Å². The zero-order valence-corrected chi connectivity index (χ0v) is 17.6. The smallest absolute Gasteiger partial charge is 0.243 e. The molecule has 5 nitrogen and oxygen atoms in total. The summed E-state index contributed by atoms with van der Waals surface area (Å²) in [6.07, 6.45) is 1.39. The Bertz CT molecular complexity index is 932. The largest absolute Gasteiger partial charge is 0.352 e. The summed E-state index contributed by atoms with van der Waals surface area (Å²) >= 11 is 0. The van der Waals surface area contributed by atoms with E-state index < -0.39 is 10.0 Å². The van der Waals surface area contributed by atoms with Gasteiger partial charge < -0.3 is 5.32 Å². The lowest BCUT2D eigenvalue weighted by Crippen LogP contribution is -2.45. The molecule has 150 valence electrons. The van der Waals surface area contributed by atoms with Gasteiger partial charge in [-0.05, 0) is 50.3 Å². The second-order valence-corrected chi connectivity index (χ2v) is 9.51. The minimum Gasteiger partial charge on any atom is -0.352 e. The average molecular weight is 401 g/mol. The van der Waals surface area contributed by atoms with Crippen LogP contribution < -0.4 is 5.32 Å². The summed E-state index contributed by atoms with van der Waals surface area (Å²) < 4.78 is 28.0. The van der Waals surface area contributed by atoms with Gasteiger partial charge in [0, 0.05) is 19.6 Å². The Morgan fingerprint density at radius 3 is 2.39 bits per heavy atom. The van der Waals surface area contributed by atoms with Crippen LogP contribution in [0.15, 0.2) is 47.4 Å². The minimum absolute atomic E-state index is 0.0823. The molecule has 1 aliphatic rings. The molecule has 1 heterocycles. The Kier molecular flexibility index (Phi) is 6.20. The number of piperidine rings is 1. The van der Waals surface area contributed by atoms with Gasteiger partial charge >= 0.3 is 0 Å². The zero-order chi connectivity index (χ0) is 20.3. The van der Waals surface area contributed by atoms with E-state index in [1.807, 2.05) is 63.2 Å². The van der Waals surface area contributed by atoms with Crippen molar-refractivity contribution in [1.82, 2.24) is 9.62 Å². The second kappa shape index (κ2) is 8.45. The van der Waals surface area contributed by atoms with Crippen LogP contribution in [-0.4, -0.2) is 31.7 Å². The van der Waals surface area contributed by atoms with E-state index in [1.165, 1.54) is 4.31 Å². The summed E-state index contributed by atoms with van der Waals surface area (Å²) in [4.78, 5) is 13.0. The predicted molar refractivity (Wildman–Crippen MR) is 110 cm³/mol. The maximum Gasteiger partial charge on any atom is 0.243 e. The fourth-order valence-electron chi connectivity index (χ4n) is 4.01. The van der Waals surface area contributed by atoms with Crippen molar-refractivity contribution in [2.75, 3.05) is 13.1 Å². The predicted octanol–water partition coefficient (Wildman–Crippen LogP) is 3.33. The van der Waals surface area contributed by atoms with Gasteiger partial charge in [0.2, 0.25) is 15.9 Å². The topological polar surface area (TPSA) is 66.5 Å². The summed E-state index contributed by atoms with van der Waals surface area (Å²) in [5.41, 5.74) is 3.59. The molecule has 1 atom stereocenters. The number of rotatable bonds is 5. The van der Waals surface area contributed by atoms with E-state index in [0.717, 1.165) is 22.3 Å². The number of hydrogen-bond acceptors (Lipinski definition) is 3. The first kappa shape index (κ1) is 20.6. The van der Waals surface area contributed by atoms with E-state index in [2.05, 4.69) is 5.32 Å². The lowest BCUT2D eigenvalue weighted by Gasteiger charge is -2.32. The first-order valence-corrected chi connectivity index (χ1v) is 11.1. The molecule has 2 aromatic carbocycles. The summed E-state index contributed by atoms with van der Waals surface area (Å²) in [6.45, 7) is 6.78. The molecule has 1 amide bonds. The number of carbonyl (C=O) groups excluding carboxylic acids is 1. The molecule has 1 N–H and O–H groups in total. The van der Waals surface area contributed by atoms with E-state index >= 15 is 0 Å². The van der Waals surface area contributed by atoms with Crippen molar-refractivity contribution in [3.8, 4) is 0 Å². The number of nitrogens with one attached hydrogen (secondary N) is 1. The number of hydrogen-bond donors (Lipinski definition) is 1. The highest BCUT2D eigenvalue weighted by Gasteiger charge is 2.34. The number of sulfonamides is 1. The Labute approximate surface area is 167 Å². The molecule has 0 spiro atoms. The first-order chi connectivity index (χ1) is 13.3. The standard InChI is InChI=1S/C22H28N2O3S/c1-16-12-17(2)21(18(3)13-16)28(26,27)24-11-7-10-20(15-24)22(25)23-14-19-8-5-4-6-9-19/h4-6,8-9,12-13,20H,7,10-11,14-15H2,1-3H3,(H,23,25)/t20-/m1/s1. The van der Waals surface area contributed by atoms with Crippen molar-refractivity contribution in [2.45, 2.75) is 45.1 Å². The minimum atomic E-state index is -3.62. The summed E-state index contributed by atoms with van der Waals surface area (Å²) in [5.74, 6) is -0.403. The molecule has 3 rings (SSSR count). The Morgan fingerprint density at radius 2 is 1.75 bits per heavy atom. The van der Waals surface area contributed by atoms with E-state index in [-0.39, 0.29) is 18.4 Å². The molecule has 0 aromatic heterocycles. The second-order valence-electron chi connectivity index (χ2n) is 7.63. The van der Waals surface area contributed by atoms with Gasteiger partial charge in [-0.3, -0.25) is 4.79 Å². The third-order valence-electron chi connectivity index (χ3n) is 5.27. The molecule has 1 fully saturated rings. The third kappa shape index (κ3) is 4.45. The van der Waals surface area contributed by atoms with Gasteiger partial charge in [0.05, 0.1) is 10.8 Å². The van der Waals surface area contributed by atoms with E-state index in [4.69, 9.17) is 0 Å². The van der Waals surface area contributed by atoms with Crippen molar-refractivity contribution in [3.63, 3.8) is 0 Å². The van der Waals surface area contributed by atoms with Crippen molar-refractivity contribution in [2.24, 2.45) is 5.92 Å². The number of aryl methyl sites for hydroxylation is 3. The molecule has 0 saturated carbocycles. The van der Waals surface area contributed by atoms with Gasteiger partial charge in [-0.25, -0.2) is 8.42 Å². The highest BCUT2D eigenvalue weighted by molar-refractivity contribution is 7.89. The summed E-state index contributed by atoms with van der Waals surface area (Å²) in [6, 6.07) is 13.5. The molecule has 1 aliphatic heterocycles. The molecule has 0 bridgehead atoms. The molecule has 0 unspecified atom stereocenters. The monoisotopic (exact) mass is 400 g/mol. The van der Waals surface area contributed by atoms with Gasteiger partial charge in [0.15, 0.2) is 0 Å². The number of nitrogens with zero attached hydrogens (tertiary/aromatic N) is 1. The van der Waals surface area contributed by atoms with Crippen molar-refractivity contribution >= 4 is 15.9 Å². The maximum atomic E-state index is 13.3. The number of benzene rings is 2. The lowest BCUT2D eigenvalue weighted by molar-refractivity contribution is -0.126. The molecule has 2 aromatic rings. The summed E-state index contributed by atoms with van der Waals surface area (Å²) in [7, 11) is -3.62. The fourth-order valence-corrected chi connectivity index (χ4v) is 5.94. The average Bonchev–Trinajstić information content (AvgIpc) is 2.66. The van der Waals surface area contributed by atoms with Crippen LogP contribution in [-0.2, 0) is 21.4 Å². The van der Waals surface area contributed by atoms with Crippen LogP contribution in [0.4, 0.5) is 0 Å². The van der Waals surface area contributed by atoms with E-state index in [0.29, 0.717) is 30.8 Å². The Balaban J connectivity index is 1.73. The number of amides is 1. The SMILES string of the molecule is Cc1cc(C)c(S(=O)(=O)N2CCC[C@@H](C(=O)NCc3ccccc3)C2)c(C)c1. The van der Waals surface area contributed by atoms with Crippen LogP contribution in [0, 0.1) is 26.7 Å². The Hall–Kier alpha value is -2.18. The fraction of sp³-hybridized carbons (Fsp3) is 0.409. The third-order valence-corrected chi connectivity index (χ3v) is 7.44. The highest BCUT2D eigenvalue weighted by atomic mass is 32.2. The van der Waals surface area contributed by atoms with E-state index in [9.17, 15) is 13.2 Å².